The molecular weight excluding hydrogens is 366 g/mol. The van der Waals surface area contributed by atoms with Gasteiger partial charge in [0.1, 0.15) is 18.1 Å². The Morgan fingerprint density at radius 3 is 2.38 bits per heavy atom. The summed E-state index contributed by atoms with van der Waals surface area (Å²) in [4.78, 5) is 14.6. The van der Waals surface area contributed by atoms with Crippen molar-refractivity contribution in [3.8, 4) is 22.9 Å². The Balaban J connectivity index is 1.75. The number of hydrogen-bond acceptors (Lipinski definition) is 4. The van der Waals surface area contributed by atoms with Crippen LogP contribution in [0.2, 0.25) is 0 Å². The fourth-order valence-corrected chi connectivity index (χ4v) is 3.43. The van der Waals surface area contributed by atoms with Crippen LogP contribution in [0.5, 0.6) is 11.6 Å². The van der Waals surface area contributed by atoms with Gasteiger partial charge in [-0.1, -0.05) is 48.5 Å². The van der Waals surface area contributed by atoms with Crippen molar-refractivity contribution in [2.24, 2.45) is 7.05 Å². The number of ether oxygens (including phenoxy) is 2. The topological polar surface area (TPSA) is 56.6 Å². The summed E-state index contributed by atoms with van der Waals surface area (Å²) < 4.78 is 13.1. The van der Waals surface area contributed by atoms with Crippen LogP contribution in [-0.2, 0) is 23.1 Å². The number of carbonyl (C=O) groups is 1. The molecule has 3 aromatic rings. The monoisotopic (exact) mass is 391 g/mol. The van der Waals surface area contributed by atoms with E-state index in [0.29, 0.717) is 12.4 Å². The molecule has 1 saturated carbocycles. The molecule has 0 saturated heterocycles. The maximum Gasteiger partial charge on any atom is 0.249 e. The first-order chi connectivity index (χ1) is 14.2. The molecule has 6 nitrogen and oxygen atoms in total. The minimum absolute atomic E-state index is 0.0106. The Bertz CT molecular complexity index is 966. The Kier molecular flexibility index (Phi) is 5.62. The molecule has 0 bridgehead atoms. The van der Waals surface area contributed by atoms with E-state index in [9.17, 15) is 4.79 Å². The quantitative estimate of drug-likeness (QED) is 0.582. The van der Waals surface area contributed by atoms with Crippen molar-refractivity contribution in [2.75, 3.05) is 13.7 Å². The molecule has 0 N–H and O–H groups in total. The average Bonchev–Trinajstić information content (AvgIpc) is 3.54. The van der Waals surface area contributed by atoms with Crippen LogP contribution in [-0.4, -0.2) is 40.3 Å². The van der Waals surface area contributed by atoms with Crippen LogP contribution in [0.4, 0.5) is 0 Å². The zero-order valence-corrected chi connectivity index (χ0v) is 16.7. The normalized spacial score (nSPS) is 13.3. The summed E-state index contributed by atoms with van der Waals surface area (Å²) in [6.45, 7) is 0.513. The number of carbonyl (C=O) groups excluding carboxylic acids is 1. The van der Waals surface area contributed by atoms with Crippen LogP contribution in [0, 0.1) is 0 Å². The van der Waals surface area contributed by atoms with Gasteiger partial charge in [0.05, 0.1) is 12.1 Å². The number of rotatable bonds is 8. The second-order valence-electron chi connectivity index (χ2n) is 7.22. The SMILES string of the molecule is COCC(=O)N(Cc1c(-c2ccccc2)nn(C)c1Oc1ccccc1)C1CC1. The van der Waals surface area contributed by atoms with Crippen molar-refractivity contribution >= 4 is 5.91 Å². The summed E-state index contributed by atoms with van der Waals surface area (Å²) in [5.41, 5.74) is 2.73. The predicted molar refractivity (Wildman–Crippen MR) is 111 cm³/mol. The number of methoxy groups -OCH3 is 1. The third-order valence-electron chi connectivity index (χ3n) is 5.00. The lowest BCUT2D eigenvalue weighted by molar-refractivity contribution is -0.136. The minimum atomic E-state index is -0.0106. The zero-order chi connectivity index (χ0) is 20.2. The largest absolute Gasteiger partial charge is 0.439 e. The molecule has 150 valence electrons. The molecule has 1 heterocycles. The van der Waals surface area contributed by atoms with Gasteiger partial charge in [0.2, 0.25) is 11.8 Å². The van der Waals surface area contributed by atoms with Crippen LogP contribution >= 0.6 is 0 Å². The molecule has 0 radical (unpaired) electrons. The van der Waals surface area contributed by atoms with Crippen molar-refractivity contribution in [3.05, 3.63) is 66.2 Å². The third-order valence-corrected chi connectivity index (χ3v) is 5.00. The van der Waals surface area contributed by atoms with Crippen LogP contribution in [0.25, 0.3) is 11.3 Å². The van der Waals surface area contributed by atoms with Gasteiger partial charge in [-0.05, 0) is 25.0 Å². The second-order valence-corrected chi connectivity index (χ2v) is 7.22. The van der Waals surface area contributed by atoms with E-state index in [1.54, 1.807) is 11.8 Å². The maximum absolute atomic E-state index is 12.7. The number of aromatic nitrogens is 2. The van der Waals surface area contributed by atoms with E-state index in [1.807, 2.05) is 72.6 Å². The van der Waals surface area contributed by atoms with Gasteiger partial charge in [-0.2, -0.15) is 5.10 Å². The lowest BCUT2D eigenvalue weighted by Gasteiger charge is -2.23. The zero-order valence-electron chi connectivity index (χ0n) is 16.7. The van der Waals surface area contributed by atoms with E-state index < -0.39 is 0 Å². The second kappa shape index (κ2) is 8.49. The molecule has 1 aromatic heterocycles. The maximum atomic E-state index is 12.7. The van der Waals surface area contributed by atoms with E-state index in [2.05, 4.69) is 0 Å². The minimum Gasteiger partial charge on any atom is -0.439 e. The molecular formula is C23H25N3O3. The van der Waals surface area contributed by atoms with E-state index in [-0.39, 0.29) is 18.6 Å². The first-order valence-electron chi connectivity index (χ1n) is 9.80. The molecule has 4 rings (SSSR count). The molecule has 0 atom stereocenters. The van der Waals surface area contributed by atoms with E-state index in [1.165, 1.54) is 0 Å². The molecule has 0 aliphatic heterocycles. The Labute approximate surface area is 170 Å². The van der Waals surface area contributed by atoms with E-state index >= 15 is 0 Å². The standard InChI is InChI=1S/C23H25N3O3/c1-25-23(29-19-11-7-4-8-12-19)20(22(24-25)17-9-5-3-6-10-17)15-26(18-13-14-18)21(27)16-28-2/h3-12,18H,13-16H2,1-2H3. The summed E-state index contributed by atoms with van der Waals surface area (Å²) in [7, 11) is 3.42. The number of para-hydroxylation sites is 1. The summed E-state index contributed by atoms with van der Waals surface area (Å²) in [6.07, 6.45) is 2.04. The highest BCUT2D eigenvalue weighted by atomic mass is 16.5. The first kappa shape index (κ1) is 19.2. The summed E-state index contributed by atoms with van der Waals surface area (Å²) in [6, 6.07) is 19.9. The van der Waals surface area contributed by atoms with Gasteiger partial charge in [0.25, 0.3) is 0 Å². The molecule has 29 heavy (non-hydrogen) atoms. The number of nitrogens with zero attached hydrogens (tertiary/aromatic N) is 3. The average molecular weight is 391 g/mol. The van der Waals surface area contributed by atoms with E-state index in [0.717, 1.165) is 35.4 Å². The van der Waals surface area contributed by atoms with Gasteiger partial charge < -0.3 is 14.4 Å². The lowest BCUT2D eigenvalue weighted by atomic mass is 10.1. The van der Waals surface area contributed by atoms with Gasteiger partial charge in [0, 0.05) is 25.8 Å². The first-order valence-corrected chi connectivity index (χ1v) is 9.80. The van der Waals surface area contributed by atoms with Crippen LogP contribution in [0.1, 0.15) is 18.4 Å². The predicted octanol–water partition coefficient (Wildman–Crippen LogP) is 4.02. The van der Waals surface area contributed by atoms with Crippen LogP contribution < -0.4 is 4.74 Å². The number of amides is 1. The van der Waals surface area contributed by atoms with Gasteiger partial charge in [-0.15, -0.1) is 0 Å². The number of benzene rings is 2. The van der Waals surface area contributed by atoms with Crippen molar-refractivity contribution in [3.63, 3.8) is 0 Å². The summed E-state index contributed by atoms with van der Waals surface area (Å²) >= 11 is 0. The number of hydrogen-bond donors (Lipinski definition) is 0. The van der Waals surface area contributed by atoms with Gasteiger partial charge in [0.15, 0.2) is 0 Å². The van der Waals surface area contributed by atoms with E-state index in [4.69, 9.17) is 14.6 Å². The molecule has 0 spiro atoms. The highest BCUT2D eigenvalue weighted by Crippen LogP contribution is 2.36. The highest BCUT2D eigenvalue weighted by molar-refractivity contribution is 5.78. The lowest BCUT2D eigenvalue weighted by Crippen LogP contribution is -2.35. The molecule has 2 aromatic carbocycles. The smallest absolute Gasteiger partial charge is 0.249 e. The van der Waals surface area contributed by atoms with Gasteiger partial charge >= 0.3 is 0 Å². The summed E-state index contributed by atoms with van der Waals surface area (Å²) in [5.74, 6) is 1.37. The van der Waals surface area contributed by atoms with Crippen molar-refractivity contribution in [1.29, 1.82) is 0 Å². The molecule has 1 aliphatic rings. The Hall–Kier alpha value is -3.12. The molecule has 1 amide bonds. The highest BCUT2D eigenvalue weighted by Gasteiger charge is 2.34. The Morgan fingerprint density at radius 1 is 1.10 bits per heavy atom. The van der Waals surface area contributed by atoms with Crippen LogP contribution in [0.15, 0.2) is 60.7 Å². The van der Waals surface area contributed by atoms with Crippen molar-refractivity contribution < 1.29 is 14.3 Å². The molecule has 6 heteroatoms. The molecule has 0 unspecified atom stereocenters. The number of aryl methyl sites for hydroxylation is 1. The molecule has 1 fully saturated rings. The van der Waals surface area contributed by atoms with Crippen molar-refractivity contribution in [2.45, 2.75) is 25.4 Å². The van der Waals surface area contributed by atoms with Gasteiger partial charge in [-0.3, -0.25) is 4.79 Å². The van der Waals surface area contributed by atoms with Gasteiger partial charge in [-0.25, -0.2) is 4.68 Å². The molecule has 1 aliphatic carbocycles. The third kappa shape index (κ3) is 4.32. The Morgan fingerprint density at radius 2 is 1.76 bits per heavy atom. The van der Waals surface area contributed by atoms with Crippen LogP contribution in [0.3, 0.4) is 0 Å². The van der Waals surface area contributed by atoms with Crippen molar-refractivity contribution in [1.82, 2.24) is 14.7 Å². The fraction of sp³-hybridized carbons (Fsp3) is 0.304. The summed E-state index contributed by atoms with van der Waals surface area (Å²) in [5, 5.41) is 4.74. The fourth-order valence-electron chi connectivity index (χ4n) is 3.43.